The Bertz CT molecular complexity index is 1800. The van der Waals surface area contributed by atoms with E-state index in [9.17, 15) is 33.9 Å². The number of hydrogen-bond donors (Lipinski definition) is 1. The number of ether oxygens (including phenoxy) is 9. The van der Waals surface area contributed by atoms with Gasteiger partial charge in [-0.2, -0.15) is 0 Å². The van der Waals surface area contributed by atoms with Crippen LogP contribution in [0.2, 0.25) is 0 Å². The third kappa shape index (κ3) is 10.5. The van der Waals surface area contributed by atoms with Crippen molar-refractivity contribution in [3.8, 4) is 0 Å². The smallest absolute Gasteiger partial charge is 0.338 e. The molecule has 16 nitrogen and oxygen atoms in total. The summed E-state index contributed by atoms with van der Waals surface area (Å²) < 4.78 is 51.9. The lowest BCUT2D eigenvalue weighted by Gasteiger charge is -2.47. The molecular formula is C39H40O16. The molecule has 0 amide bonds. The fourth-order valence-electron chi connectivity index (χ4n) is 5.99. The molecule has 2 heterocycles. The molecule has 292 valence electrons. The maximum Gasteiger partial charge on any atom is 0.338 e. The van der Waals surface area contributed by atoms with Gasteiger partial charge in [0, 0.05) is 20.8 Å². The minimum atomic E-state index is -1.97. The van der Waals surface area contributed by atoms with E-state index < -0.39 is 104 Å². The summed E-state index contributed by atoms with van der Waals surface area (Å²) in [6.07, 6.45) is -15.9. The van der Waals surface area contributed by atoms with Crippen LogP contribution in [0.5, 0.6) is 0 Å². The Kier molecular flexibility index (Phi) is 13.7. The van der Waals surface area contributed by atoms with Crippen molar-refractivity contribution in [2.45, 2.75) is 89.1 Å². The van der Waals surface area contributed by atoms with Gasteiger partial charge in [-0.05, 0) is 43.3 Å². The lowest BCUT2D eigenvalue weighted by atomic mass is 9.96. The largest absolute Gasteiger partial charge is 0.463 e. The molecule has 3 unspecified atom stereocenters. The first-order chi connectivity index (χ1) is 26.3. The predicted octanol–water partition coefficient (Wildman–Crippen LogP) is 2.94. The van der Waals surface area contributed by atoms with Crippen LogP contribution in [-0.4, -0.2) is 109 Å². The van der Waals surface area contributed by atoms with Gasteiger partial charge in [0.1, 0.15) is 12.7 Å². The maximum absolute atomic E-state index is 13.7. The Labute approximate surface area is 315 Å². The number of hydrogen-bond acceptors (Lipinski definition) is 16. The molecule has 55 heavy (non-hydrogen) atoms. The average Bonchev–Trinajstić information content (AvgIpc) is 3.16. The van der Waals surface area contributed by atoms with Gasteiger partial charge in [0.2, 0.25) is 0 Å². The highest BCUT2D eigenvalue weighted by Gasteiger charge is 2.56. The number of aliphatic hydroxyl groups excluding tert-OH is 1. The van der Waals surface area contributed by atoms with Crippen molar-refractivity contribution in [2.75, 3.05) is 6.61 Å². The van der Waals surface area contributed by atoms with Gasteiger partial charge in [0.25, 0.3) is 0 Å². The molecule has 0 aromatic heterocycles. The van der Waals surface area contributed by atoms with E-state index in [4.69, 9.17) is 42.6 Å². The molecule has 5 rings (SSSR count). The van der Waals surface area contributed by atoms with Crippen molar-refractivity contribution in [3.05, 3.63) is 108 Å². The third-order valence-electron chi connectivity index (χ3n) is 8.44. The van der Waals surface area contributed by atoms with E-state index in [0.29, 0.717) is 0 Å². The van der Waals surface area contributed by atoms with E-state index in [0.717, 1.165) is 20.8 Å². The van der Waals surface area contributed by atoms with E-state index in [-0.39, 0.29) is 16.7 Å². The maximum atomic E-state index is 13.7. The van der Waals surface area contributed by atoms with E-state index >= 15 is 0 Å². The van der Waals surface area contributed by atoms with Crippen molar-refractivity contribution in [2.24, 2.45) is 0 Å². The van der Waals surface area contributed by atoms with Gasteiger partial charge in [-0.3, -0.25) is 14.4 Å². The molecule has 0 radical (unpaired) electrons. The Morgan fingerprint density at radius 3 is 1.40 bits per heavy atom. The first-order valence-electron chi connectivity index (χ1n) is 17.2. The van der Waals surface area contributed by atoms with Crippen molar-refractivity contribution in [3.63, 3.8) is 0 Å². The highest BCUT2D eigenvalue weighted by molar-refractivity contribution is 5.91. The Balaban J connectivity index is 1.56. The highest BCUT2D eigenvalue weighted by Crippen LogP contribution is 2.35. The van der Waals surface area contributed by atoms with E-state index in [1.165, 1.54) is 43.3 Å². The van der Waals surface area contributed by atoms with Crippen LogP contribution in [0, 0.1) is 0 Å². The molecule has 3 aromatic rings. The summed E-state index contributed by atoms with van der Waals surface area (Å²) in [5.41, 5.74) is 0.341. The molecule has 3 aromatic carbocycles. The number of rotatable bonds is 12. The van der Waals surface area contributed by atoms with Gasteiger partial charge in [-0.25, -0.2) is 14.4 Å². The molecule has 2 fully saturated rings. The van der Waals surface area contributed by atoms with Crippen LogP contribution < -0.4 is 0 Å². The monoisotopic (exact) mass is 764 g/mol. The zero-order chi connectivity index (χ0) is 39.6. The average molecular weight is 765 g/mol. The normalized spacial score (nSPS) is 27.4. The van der Waals surface area contributed by atoms with Crippen molar-refractivity contribution >= 4 is 35.8 Å². The molecule has 2 aliphatic rings. The quantitative estimate of drug-likeness (QED) is 0.208. The van der Waals surface area contributed by atoms with E-state index in [2.05, 4.69) is 0 Å². The van der Waals surface area contributed by atoms with Crippen LogP contribution in [0.15, 0.2) is 91.0 Å². The van der Waals surface area contributed by atoms with Crippen molar-refractivity contribution < 1.29 is 76.5 Å². The summed E-state index contributed by atoms with van der Waals surface area (Å²) in [7, 11) is 0. The number of carbonyl (C=O) groups excluding carboxylic acids is 6. The number of esters is 6. The number of aliphatic hydroxyl groups is 1. The molecular weight excluding hydrogens is 724 g/mol. The van der Waals surface area contributed by atoms with Gasteiger partial charge < -0.3 is 47.7 Å². The molecule has 10 atom stereocenters. The van der Waals surface area contributed by atoms with Gasteiger partial charge in [0.05, 0.1) is 22.8 Å². The Morgan fingerprint density at radius 2 is 0.945 bits per heavy atom. The van der Waals surface area contributed by atoms with E-state index in [1.807, 2.05) is 0 Å². The van der Waals surface area contributed by atoms with Gasteiger partial charge >= 0.3 is 35.8 Å². The van der Waals surface area contributed by atoms with Gasteiger partial charge in [-0.15, -0.1) is 0 Å². The first-order valence-corrected chi connectivity index (χ1v) is 17.2. The summed E-state index contributed by atoms with van der Waals surface area (Å²) in [5, 5.41) is 11.3. The van der Waals surface area contributed by atoms with Crippen molar-refractivity contribution in [1.29, 1.82) is 0 Å². The molecule has 16 heteroatoms. The SMILES string of the molecule is CC(=O)OCC1O[C@H](O)C(O[C@@H]2O[C@@H](C)[C@H](OC(=O)c3ccccc3)[C@H](OC(=O)c3ccccc3)[C@@H]2OC(=O)c2ccccc2)C(OC(C)=O)[C@@H]1OC(C)=O. The summed E-state index contributed by atoms with van der Waals surface area (Å²) >= 11 is 0. The van der Waals surface area contributed by atoms with Crippen LogP contribution in [0.4, 0.5) is 0 Å². The second-order valence-corrected chi connectivity index (χ2v) is 12.5. The van der Waals surface area contributed by atoms with Crippen LogP contribution in [0.3, 0.4) is 0 Å². The van der Waals surface area contributed by atoms with Crippen LogP contribution >= 0.6 is 0 Å². The molecule has 2 saturated heterocycles. The van der Waals surface area contributed by atoms with Crippen LogP contribution in [-0.2, 0) is 57.0 Å². The summed E-state index contributed by atoms with van der Waals surface area (Å²) in [5.74, 6) is -5.08. The minimum Gasteiger partial charge on any atom is -0.463 e. The lowest BCUT2D eigenvalue weighted by Crippen LogP contribution is -2.66. The Hall–Kier alpha value is -5.68. The molecule has 0 aliphatic carbocycles. The number of carbonyl (C=O) groups is 6. The minimum absolute atomic E-state index is 0.0768. The zero-order valence-electron chi connectivity index (χ0n) is 30.2. The van der Waals surface area contributed by atoms with E-state index in [1.54, 1.807) is 54.6 Å². The van der Waals surface area contributed by atoms with Gasteiger partial charge in [-0.1, -0.05) is 54.6 Å². The standard InChI is InChI=1S/C39H40O16/c1-21-29(52-35(43)25-14-8-5-9-15-25)31(53-36(44)26-16-10-6-11-17-26)34(54-37(45)27-18-12-7-13-19-27)39(48-21)55-33-32(50-24(4)42)30(49-23(3)41)28(51-38(33)46)20-47-22(2)40/h5-19,21,28-34,38-39,46H,20H2,1-4H3/t21-,28?,29-,30+,31-,32?,33?,34-,38-,39-/m0/s1. The molecule has 0 saturated carbocycles. The summed E-state index contributed by atoms with van der Waals surface area (Å²) in [6.45, 7) is 4.21. The second kappa shape index (κ2) is 18.6. The fraction of sp³-hybridized carbons (Fsp3) is 0.385. The predicted molar refractivity (Wildman–Crippen MR) is 185 cm³/mol. The topological polar surface area (TPSA) is 206 Å². The van der Waals surface area contributed by atoms with Crippen LogP contribution in [0.25, 0.3) is 0 Å². The lowest BCUT2D eigenvalue weighted by molar-refractivity contribution is -0.358. The second-order valence-electron chi connectivity index (χ2n) is 12.5. The molecule has 2 aliphatic heterocycles. The molecule has 0 bridgehead atoms. The van der Waals surface area contributed by atoms with Crippen molar-refractivity contribution in [1.82, 2.24) is 0 Å². The third-order valence-corrected chi connectivity index (χ3v) is 8.44. The van der Waals surface area contributed by atoms with Gasteiger partial charge in [0.15, 0.2) is 49.2 Å². The summed E-state index contributed by atoms with van der Waals surface area (Å²) in [4.78, 5) is 77.0. The van der Waals surface area contributed by atoms with Crippen LogP contribution in [0.1, 0.15) is 58.8 Å². The Morgan fingerprint density at radius 1 is 0.527 bits per heavy atom. The highest BCUT2D eigenvalue weighted by atomic mass is 16.8. The number of benzene rings is 3. The zero-order valence-corrected chi connectivity index (χ0v) is 30.2. The fourth-order valence-corrected chi connectivity index (χ4v) is 5.99. The molecule has 1 N–H and O–H groups in total. The molecule has 0 spiro atoms. The summed E-state index contributed by atoms with van der Waals surface area (Å²) in [6, 6.07) is 23.6. The first kappa shape index (κ1) is 40.5.